The first-order valence-corrected chi connectivity index (χ1v) is 6.10. The number of methoxy groups -OCH3 is 1. The number of nitrogens with zero attached hydrogens (tertiary/aromatic N) is 1. The third kappa shape index (κ3) is 2.56. The molecule has 0 unspecified atom stereocenters. The van der Waals surface area contributed by atoms with Gasteiger partial charge < -0.3 is 20.1 Å². The van der Waals surface area contributed by atoms with E-state index in [-0.39, 0.29) is 22.7 Å². The number of nitrogens with two attached hydrogens (primary N) is 1. The summed E-state index contributed by atoms with van der Waals surface area (Å²) in [5.41, 5.74) is 6.15. The summed E-state index contributed by atoms with van der Waals surface area (Å²) in [5.74, 6) is -1.10. The van der Waals surface area contributed by atoms with Gasteiger partial charge in [0.15, 0.2) is 0 Å². The van der Waals surface area contributed by atoms with Gasteiger partial charge in [0.05, 0.1) is 19.4 Å². The van der Waals surface area contributed by atoms with Crippen molar-refractivity contribution in [1.82, 2.24) is 0 Å². The highest BCUT2D eigenvalue weighted by Gasteiger charge is 2.27. The van der Waals surface area contributed by atoms with Gasteiger partial charge in [-0.3, -0.25) is 0 Å². The third-order valence-corrected chi connectivity index (χ3v) is 3.54. The average molecular weight is 272 g/mol. The monoisotopic (exact) mass is 272 g/mol. The van der Waals surface area contributed by atoms with Gasteiger partial charge in [-0.2, -0.15) is 0 Å². The van der Waals surface area contributed by atoms with E-state index >= 15 is 0 Å². The Kier molecular flexibility index (Phi) is 4.55. The standard InChI is InChI=1S/C11H16N2O4S/c1-5-17-10(14)6-7(12)8(11(15)16-4)18-9(6)13(2)3/h5,12H2,1-4H3. The first-order valence-electron chi connectivity index (χ1n) is 5.29. The molecule has 0 bridgehead atoms. The summed E-state index contributed by atoms with van der Waals surface area (Å²) in [5, 5.41) is 0.575. The normalized spacial score (nSPS) is 10.0. The molecule has 1 heterocycles. The summed E-state index contributed by atoms with van der Waals surface area (Å²) >= 11 is 1.11. The van der Waals surface area contributed by atoms with Crippen LogP contribution in [-0.4, -0.2) is 39.8 Å². The minimum atomic E-state index is -0.559. The summed E-state index contributed by atoms with van der Waals surface area (Å²) in [7, 11) is 4.78. The van der Waals surface area contributed by atoms with Crippen molar-refractivity contribution >= 4 is 34.0 Å². The van der Waals surface area contributed by atoms with Crippen LogP contribution >= 0.6 is 11.3 Å². The molecule has 0 spiro atoms. The fraction of sp³-hybridized carbons (Fsp3) is 0.455. The van der Waals surface area contributed by atoms with Gasteiger partial charge in [0.1, 0.15) is 15.4 Å². The Morgan fingerprint density at radius 3 is 2.39 bits per heavy atom. The van der Waals surface area contributed by atoms with Crippen molar-refractivity contribution in [2.45, 2.75) is 6.92 Å². The molecule has 0 radical (unpaired) electrons. The summed E-state index contributed by atoms with van der Waals surface area (Å²) in [6.07, 6.45) is 0. The Hall–Kier alpha value is -1.76. The van der Waals surface area contributed by atoms with Crippen molar-refractivity contribution < 1.29 is 19.1 Å². The smallest absolute Gasteiger partial charge is 0.350 e. The molecule has 0 aliphatic carbocycles. The first-order chi connectivity index (χ1) is 8.43. The van der Waals surface area contributed by atoms with Gasteiger partial charge in [-0.25, -0.2) is 9.59 Å². The first kappa shape index (κ1) is 14.3. The average Bonchev–Trinajstić information content (AvgIpc) is 2.66. The molecular formula is C11H16N2O4S. The number of hydrogen-bond acceptors (Lipinski definition) is 7. The van der Waals surface area contributed by atoms with Crippen molar-refractivity contribution in [2.75, 3.05) is 38.4 Å². The molecule has 0 saturated heterocycles. The Morgan fingerprint density at radius 1 is 1.33 bits per heavy atom. The molecule has 1 aromatic rings. The van der Waals surface area contributed by atoms with Crippen LogP contribution in [0.2, 0.25) is 0 Å². The summed E-state index contributed by atoms with van der Waals surface area (Å²) in [6.45, 7) is 1.95. The van der Waals surface area contributed by atoms with Crippen LogP contribution in [-0.2, 0) is 9.47 Å². The largest absolute Gasteiger partial charge is 0.465 e. The zero-order valence-electron chi connectivity index (χ0n) is 10.8. The second-order valence-corrected chi connectivity index (χ2v) is 4.63. The van der Waals surface area contributed by atoms with E-state index in [9.17, 15) is 9.59 Å². The number of anilines is 2. The summed E-state index contributed by atoms with van der Waals surface area (Å²) in [4.78, 5) is 25.3. The Morgan fingerprint density at radius 2 is 1.94 bits per heavy atom. The lowest BCUT2D eigenvalue weighted by Crippen LogP contribution is -2.14. The lowest BCUT2D eigenvalue weighted by molar-refractivity contribution is 0.0529. The van der Waals surface area contributed by atoms with Gasteiger partial charge in [-0.15, -0.1) is 11.3 Å². The number of carbonyl (C=O) groups excluding carboxylic acids is 2. The summed E-state index contributed by atoms with van der Waals surface area (Å²) < 4.78 is 9.56. The highest BCUT2D eigenvalue weighted by atomic mass is 32.1. The number of thiophene rings is 1. The number of rotatable bonds is 4. The topological polar surface area (TPSA) is 81.9 Å². The molecule has 0 saturated carbocycles. The molecule has 0 aromatic carbocycles. The van der Waals surface area contributed by atoms with Crippen LogP contribution in [0.3, 0.4) is 0 Å². The lowest BCUT2D eigenvalue weighted by atomic mass is 10.2. The Labute approximate surface area is 109 Å². The van der Waals surface area contributed by atoms with Gasteiger partial charge in [-0.05, 0) is 6.92 Å². The second kappa shape index (κ2) is 5.72. The van der Waals surface area contributed by atoms with E-state index in [0.29, 0.717) is 5.00 Å². The predicted molar refractivity (Wildman–Crippen MR) is 70.4 cm³/mol. The molecule has 0 atom stereocenters. The number of nitrogen functional groups attached to an aromatic ring is 1. The van der Waals surface area contributed by atoms with Crippen LogP contribution in [0.25, 0.3) is 0 Å². The number of hydrogen-bond donors (Lipinski definition) is 1. The van der Waals surface area contributed by atoms with Gasteiger partial charge in [0.25, 0.3) is 0 Å². The highest BCUT2D eigenvalue weighted by molar-refractivity contribution is 7.19. The van der Waals surface area contributed by atoms with E-state index < -0.39 is 11.9 Å². The maximum atomic E-state index is 11.8. The van der Waals surface area contributed by atoms with Gasteiger partial charge in [0, 0.05) is 14.1 Å². The van der Waals surface area contributed by atoms with Crippen LogP contribution in [0.4, 0.5) is 10.7 Å². The van der Waals surface area contributed by atoms with Crippen molar-refractivity contribution in [3.05, 3.63) is 10.4 Å². The maximum Gasteiger partial charge on any atom is 0.350 e. The molecule has 0 fully saturated rings. The maximum absolute atomic E-state index is 11.8. The minimum Gasteiger partial charge on any atom is -0.465 e. The zero-order chi connectivity index (χ0) is 13.9. The molecule has 0 amide bonds. The van der Waals surface area contributed by atoms with Gasteiger partial charge in [0.2, 0.25) is 0 Å². The second-order valence-electron chi connectivity index (χ2n) is 3.63. The lowest BCUT2D eigenvalue weighted by Gasteiger charge is -2.11. The molecule has 7 heteroatoms. The van der Waals surface area contributed by atoms with E-state index in [1.165, 1.54) is 7.11 Å². The van der Waals surface area contributed by atoms with Crippen molar-refractivity contribution in [1.29, 1.82) is 0 Å². The van der Waals surface area contributed by atoms with Crippen LogP contribution in [0, 0.1) is 0 Å². The molecule has 0 aliphatic heterocycles. The van der Waals surface area contributed by atoms with Crippen molar-refractivity contribution in [3.8, 4) is 0 Å². The molecule has 18 heavy (non-hydrogen) atoms. The molecular weight excluding hydrogens is 256 g/mol. The van der Waals surface area contributed by atoms with E-state index in [0.717, 1.165) is 11.3 Å². The molecule has 1 aromatic heterocycles. The van der Waals surface area contributed by atoms with Gasteiger partial charge in [-0.1, -0.05) is 0 Å². The number of ether oxygens (including phenoxy) is 2. The molecule has 2 N–H and O–H groups in total. The van der Waals surface area contributed by atoms with Crippen LogP contribution in [0.15, 0.2) is 0 Å². The van der Waals surface area contributed by atoms with E-state index in [4.69, 9.17) is 10.5 Å². The quantitative estimate of drug-likeness (QED) is 0.833. The highest BCUT2D eigenvalue weighted by Crippen LogP contribution is 2.38. The number of esters is 2. The van der Waals surface area contributed by atoms with E-state index in [2.05, 4.69) is 4.74 Å². The van der Waals surface area contributed by atoms with Crippen LogP contribution in [0.1, 0.15) is 27.0 Å². The number of carbonyl (C=O) groups is 2. The fourth-order valence-electron chi connectivity index (χ4n) is 1.39. The Balaban J connectivity index is 3.34. The predicted octanol–water partition coefficient (Wildman–Crippen LogP) is 1.36. The van der Waals surface area contributed by atoms with Crippen LogP contribution < -0.4 is 10.6 Å². The van der Waals surface area contributed by atoms with Crippen LogP contribution in [0.5, 0.6) is 0 Å². The molecule has 6 nitrogen and oxygen atoms in total. The molecule has 100 valence electrons. The van der Waals surface area contributed by atoms with E-state index in [1.807, 2.05) is 0 Å². The SMILES string of the molecule is CCOC(=O)c1c(N(C)C)sc(C(=O)OC)c1N. The summed E-state index contributed by atoms with van der Waals surface area (Å²) in [6, 6.07) is 0. The van der Waals surface area contributed by atoms with E-state index in [1.54, 1.807) is 25.9 Å². The molecule has 1 rings (SSSR count). The molecule has 0 aliphatic rings. The minimum absolute atomic E-state index is 0.106. The zero-order valence-corrected chi connectivity index (χ0v) is 11.6. The van der Waals surface area contributed by atoms with Gasteiger partial charge >= 0.3 is 11.9 Å². The third-order valence-electron chi connectivity index (χ3n) is 2.18. The fourth-order valence-corrected chi connectivity index (χ4v) is 2.44. The van der Waals surface area contributed by atoms with Crippen molar-refractivity contribution in [3.63, 3.8) is 0 Å². The van der Waals surface area contributed by atoms with Crippen molar-refractivity contribution in [2.24, 2.45) is 0 Å². The Bertz CT molecular complexity index is 468.